The number of fused-ring (bicyclic) bond motifs is 1. The summed E-state index contributed by atoms with van der Waals surface area (Å²) in [6.07, 6.45) is 22.1. The van der Waals surface area contributed by atoms with Crippen molar-refractivity contribution in [3.63, 3.8) is 0 Å². The summed E-state index contributed by atoms with van der Waals surface area (Å²) in [7, 11) is -10.6. The summed E-state index contributed by atoms with van der Waals surface area (Å²) in [6, 6.07) is 13.8. The Bertz CT molecular complexity index is 2430. The number of phenolic OH excluding ortho intramolecular Hbond substituents is 1. The van der Waals surface area contributed by atoms with Crippen LogP contribution in [0, 0.1) is 10.1 Å². The Morgan fingerprint density at radius 1 is 0.507 bits per heavy atom. The Labute approximate surface area is 437 Å². The molecule has 73 heavy (non-hydrogen) atoms. The SMILES string of the molecule is CCCC[N+](CCCC)(CCCC)CCCC.CCCC[N+](CCCC)(CCCC)CCCC.Nc1c(N=Nc2ccc([N+](=O)[O-])cc2)c(S(=O)(=O)[O-])cc2cc(S(=O)(=O)[O-])c(N=Nc3ccccc3)c(O)c12. The molecule has 17 nitrogen and oxygen atoms in total. The van der Waals surface area contributed by atoms with Gasteiger partial charge in [-0.2, -0.15) is 10.2 Å². The predicted molar refractivity (Wildman–Crippen MR) is 293 cm³/mol. The summed E-state index contributed by atoms with van der Waals surface area (Å²) in [6.45, 7) is 30.0. The van der Waals surface area contributed by atoms with Crippen LogP contribution < -0.4 is 5.73 Å². The second kappa shape index (κ2) is 33.1. The number of nitrogens with two attached hydrogens (primary N) is 1. The number of anilines is 1. The first-order chi connectivity index (χ1) is 34.8. The zero-order valence-electron chi connectivity index (χ0n) is 45.1. The summed E-state index contributed by atoms with van der Waals surface area (Å²) < 4.78 is 74.8. The molecule has 0 aromatic heterocycles. The molecule has 0 saturated heterocycles. The first kappa shape index (κ1) is 64.2. The van der Waals surface area contributed by atoms with E-state index in [2.05, 4.69) is 75.8 Å². The van der Waals surface area contributed by atoms with Crippen molar-refractivity contribution >= 4 is 65.1 Å². The molecular weight excluding hydrogens is 969 g/mol. The Balaban J connectivity index is 0.000000446. The third-order valence-corrected chi connectivity index (χ3v) is 14.8. The monoisotopic (exact) mass is 1050 g/mol. The number of phenols is 1. The summed E-state index contributed by atoms with van der Waals surface area (Å²) in [4.78, 5) is 8.08. The number of nitro groups is 1. The maximum Gasteiger partial charge on any atom is 0.269 e. The maximum atomic E-state index is 12.0. The van der Waals surface area contributed by atoms with Gasteiger partial charge in [-0.25, -0.2) is 16.8 Å². The smallest absolute Gasteiger partial charge is 0.269 e. The number of benzene rings is 4. The van der Waals surface area contributed by atoms with Gasteiger partial charge in [-0.3, -0.25) is 10.1 Å². The molecule has 0 aliphatic heterocycles. The molecule has 3 N–H and O–H groups in total. The van der Waals surface area contributed by atoms with Crippen LogP contribution in [0.2, 0.25) is 0 Å². The number of nitrogen functional groups attached to an aromatic ring is 1. The number of hydrogen-bond donors (Lipinski definition) is 2. The van der Waals surface area contributed by atoms with Crippen molar-refractivity contribution in [2.24, 2.45) is 20.5 Å². The molecule has 0 radical (unpaired) electrons. The van der Waals surface area contributed by atoms with Crippen LogP contribution in [0.5, 0.6) is 5.75 Å². The van der Waals surface area contributed by atoms with Crippen molar-refractivity contribution in [3.05, 3.63) is 76.8 Å². The van der Waals surface area contributed by atoms with Crippen LogP contribution in [0.25, 0.3) is 10.8 Å². The molecule has 0 bridgehead atoms. The van der Waals surface area contributed by atoms with Crippen LogP contribution in [-0.4, -0.2) is 97.3 Å². The number of azo groups is 2. The maximum absolute atomic E-state index is 12.0. The van der Waals surface area contributed by atoms with Crippen LogP contribution in [0.15, 0.2) is 97.0 Å². The molecule has 4 aromatic rings. The molecule has 408 valence electrons. The Morgan fingerprint density at radius 2 is 0.822 bits per heavy atom. The highest BCUT2D eigenvalue weighted by atomic mass is 32.2. The number of aromatic hydroxyl groups is 1. The van der Waals surface area contributed by atoms with E-state index < -0.39 is 68.5 Å². The average Bonchev–Trinajstić information content (AvgIpc) is 3.37. The van der Waals surface area contributed by atoms with E-state index in [4.69, 9.17) is 5.73 Å². The lowest BCUT2D eigenvalue weighted by atomic mass is 10.1. The topological polar surface area (TPSA) is 253 Å². The van der Waals surface area contributed by atoms with E-state index >= 15 is 0 Å². The molecule has 0 spiro atoms. The van der Waals surface area contributed by atoms with Gasteiger partial charge in [-0.05, 0) is 93.2 Å². The fourth-order valence-electron chi connectivity index (χ4n) is 8.73. The lowest BCUT2D eigenvalue weighted by molar-refractivity contribution is -0.929. The Hall–Kier alpha value is -4.92. The highest BCUT2D eigenvalue weighted by Gasteiger charge is 2.27. The Morgan fingerprint density at radius 3 is 1.14 bits per heavy atom. The zero-order chi connectivity index (χ0) is 54.5. The summed E-state index contributed by atoms with van der Waals surface area (Å²) >= 11 is 0. The minimum atomic E-state index is -5.31. The third kappa shape index (κ3) is 21.5. The van der Waals surface area contributed by atoms with Crippen LogP contribution in [-0.2, 0) is 20.2 Å². The number of hydrogen-bond acceptors (Lipinski definition) is 14. The average molecular weight is 1060 g/mol. The van der Waals surface area contributed by atoms with Gasteiger partial charge in [0.05, 0.1) is 89.5 Å². The lowest BCUT2D eigenvalue weighted by Gasteiger charge is -2.39. The summed E-state index contributed by atoms with van der Waals surface area (Å²) in [5, 5.41) is 35.9. The molecule has 0 saturated carbocycles. The Kier molecular flexibility index (Phi) is 29.1. The number of non-ortho nitro benzene ring substituents is 1. The van der Waals surface area contributed by atoms with Crippen molar-refractivity contribution in [1.29, 1.82) is 0 Å². The van der Waals surface area contributed by atoms with Gasteiger partial charge in [0.15, 0.2) is 5.75 Å². The normalized spacial score (nSPS) is 12.2. The minimum absolute atomic E-state index is 0.0173. The lowest BCUT2D eigenvalue weighted by Crippen LogP contribution is -2.50. The van der Waals surface area contributed by atoms with Gasteiger partial charge >= 0.3 is 0 Å². The zero-order valence-corrected chi connectivity index (χ0v) is 46.7. The standard InChI is InChI=1S/C22H16N6O9S2.2C16H36N/c23-19-18-12(11-17(39(35,36)37)21(22(18)29)27-24-13-4-2-1-3-5-13)10-16(38(32,33)34)20(19)26-25-14-6-8-15(9-7-14)28(30)31;2*1-5-9-13-17(14-10-6-2,15-11-7-3)16-12-8-4/h1-11,29H,23H2,(H,32,33,34)(H,35,36,37);2*5-16H2,1-4H3/q;2*+1/p-2. The van der Waals surface area contributed by atoms with E-state index in [1.807, 2.05) is 0 Å². The van der Waals surface area contributed by atoms with E-state index in [-0.39, 0.29) is 17.1 Å². The number of rotatable bonds is 31. The minimum Gasteiger partial charge on any atom is -0.744 e. The second-order valence-corrected chi connectivity index (χ2v) is 21.7. The van der Waals surface area contributed by atoms with Crippen LogP contribution >= 0.6 is 0 Å². The van der Waals surface area contributed by atoms with Crippen LogP contribution in [0.3, 0.4) is 0 Å². The van der Waals surface area contributed by atoms with Crippen molar-refractivity contribution in [1.82, 2.24) is 0 Å². The molecule has 0 fully saturated rings. The molecule has 0 amide bonds. The first-order valence-corrected chi connectivity index (χ1v) is 29.4. The van der Waals surface area contributed by atoms with E-state index in [1.54, 1.807) is 18.2 Å². The molecule has 19 heteroatoms. The van der Waals surface area contributed by atoms with Gasteiger partial charge < -0.3 is 28.9 Å². The van der Waals surface area contributed by atoms with Crippen molar-refractivity contribution in [2.75, 3.05) is 58.1 Å². The predicted octanol–water partition coefficient (Wildman–Crippen LogP) is 14.7. The van der Waals surface area contributed by atoms with E-state index in [0.717, 1.165) is 12.1 Å². The fourth-order valence-corrected chi connectivity index (χ4v) is 10.0. The van der Waals surface area contributed by atoms with Gasteiger partial charge in [0.25, 0.3) is 5.69 Å². The van der Waals surface area contributed by atoms with E-state index in [1.165, 1.54) is 188 Å². The van der Waals surface area contributed by atoms with Gasteiger partial charge in [-0.1, -0.05) is 125 Å². The number of unbranched alkanes of at least 4 members (excludes halogenated alkanes) is 8. The highest BCUT2D eigenvalue weighted by Crippen LogP contribution is 2.48. The van der Waals surface area contributed by atoms with Gasteiger partial charge in [0.2, 0.25) is 0 Å². The van der Waals surface area contributed by atoms with E-state index in [0.29, 0.717) is 12.1 Å². The van der Waals surface area contributed by atoms with Crippen molar-refractivity contribution < 1.29 is 44.9 Å². The molecule has 0 aliphatic carbocycles. The molecule has 4 rings (SSSR count). The van der Waals surface area contributed by atoms with E-state index in [9.17, 15) is 41.2 Å². The molecular formula is C54H86N8O9S2. The van der Waals surface area contributed by atoms with Gasteiger partial charge in [-0.15, -0.1) is 10.2 Å². The summed E-state index contributed by atoms with van der Waals surface area (Å²) in [5.41, 5.74) is 3.96. The van der Waals surface area contributed by atoms with Crippen molar-refractivity contribution in [2.45, 2.75) is 168 Å². The van der Waals surface area contributed by atoms with Crippen molar-refractivity contribution in [3.8, 4) is 5.75 Å². The van der Waals surface area contributed by atoms with Gasteiger partial charge in [0, 0.05) is 12.1 Å². The largest absolute Gasteiger partial charge is 0.744 e. The number of nitro benzene ring substituents is 1. The molecule has 0 aliphatic rings. The quantitative estimate of drug-likeness (QED) is 0.0120. The molecule has 0 unspecified atom stereocenters. The number of nitrogens with zero attached hydrogens (tertiary/aromatic N) is 7. The first-order valence-electron chi connectivity index (χ1n) is 26.6. The fraction of sp³-hybridized carbons (Fsp3) is 0.593. The molecule has 4 aromatic carbocycles. The number of quaternary nitrogens is 2. The molecule has 0 atom stereocenters. The third-order valence-electron chi connectivity index (χ3n) is 13.1. The van der Waals surface area contributed by atoms with Crippen LogP contribution in [0.4, 0.5) is 34.1 Å². The van der Waals surface area contributed by atoms with Crippen LogP contribution in [0.1, 0.15) is 158 Å². The summed E-state index contributed by atoms with van der Waals surface area (Å²) in [5.74, 6) is -0.958. The highest BCUT2D eigenvalue weighted by molar-refractivity contribution is 7.86. The molecule has 0 heterocycles. The van der Waals surface area contributed by atoms with Gasteiger partial charge in [0.1, 0.15) is 31.6 Å². The second-order valence-electron chi connectivity index (χ2n) is 19.0.